The number of ether oxygens (including phenoxy) is 1. The van der Waals surface area contributed by atoms with Gasteiger partial charge in [0.15, 0.2) is 0 Å². The lowest BCUT2D eigenvalue weighted by Crippen LogP contribution is -2.05. The average molecular weight is 439 g/mol. The highest BCUT2D eigenvalue weighted by Crippen LogP contribution is 2.21. The predicted octanol–water partition coefficient (Wildman–Crippen LogP) is 8.09. The fourth-order valence-corrected chi connectivity index (χ4v) is 3.85. The minimum Gasteiger partial charge on any atom is -0.427 e. The molecule has 0 radical (unpaired) electrons. The van der Waals surface area contributed by atoms with Crippen LogP contribution in [0.25, 0.3) is 11.3 Å². The summed E-state index contributed by atoms with van der Waals surface area (Å²) in [6.45, 7) is 4.06. The molecule has 0 saturated heterocycles. The SMILES string of the molecule is CCCCCCCCCCCCCCCc1cnc(-c2ccc(OC(=O)CC)cc2)cn1. The number of benzene rings is 1. The molecule has 0 aliphatic heterocycles. The van der Waals surface area contributed by atoms with E-state index in [1.54, 1.807) is 19.1 Å². The Morgan fingerprint density at radius 3 is 1.78 bits per heavy atom. The smallest absolute Gasteiger partial charge is 0.310 e. The molecule has 1 aromatic carbocycles. The van der Waals surface area contributed by atoms with Gasteiger partial charge in [0, 0.05) is 18.2 Å². The molecule has 1 aromatic heterocycles. The molecule has 4 nitrogen and oxygen atoms in total. The Morgan fingerprint density at radius 2 is 1.28 bits per heavy atom. The summed E-state index contributed by atoms with van der Waals surface area (Å²) in [5.74, 6) is 0.336. The third-order valence-corrected chi connectivity index (χ3v) is 5.91. The second kappa shape index (κ2) is 16.4. The van der Waals surface area contributed by atoms with Gasteiger partial charge in [-0.15, -0.1) is 0 Å². The van der Waals surface area contributed by atoms with E-state index in [1.807, 2.05) is 24.5 Å². The van der Waals surface area contributed by atoms with Crippen molar-refractivity contribution in [3.8, 4) is 17.0 Å². The number of esters is 1. The van der Waals surface area contributed by atoms with Crippen LogP contribution in [0.2, 0.25) is 0 Å². The normalized spacial score (nSPS) is 10.9. The van der Waals surface area contributed by atoms with E-state index in [9.17, 15) is 4.79 Å². The molecule has 0 amide bonds. The summed E-state index contributed by atoms with van der Waals surface area (Å²) in [6, 6.07) is 7.42. The molecule has 0 fully saturated rings. The molecular formula is C28H42N2O2. The molecule has 0 atom stereocenters. The molecule has 1 heterocycles. The molecule has 0 aliphatic carbocycles. The van der Waals surface area contributed by atoms with Gasteiger partial charge in [0.1, 0.15) is 5.75 Å². The Kier molecular flexibility index (Phi) is 13.3. The monoisotopic (exact) mass is 438 g/mol. The zero-order valence-corrected chi connectivity index (χ0v) is 20.3. The number of aryl methyl sites for hydroxylation is 1. The maximum atomic E-state index is 11.4. The van der Waals surface area contributed by atoms with Gasteiger partial charge in [0.2, 0.25) is 0 Å². The maximum absolute atomic E-state index is 11.4. The Labute approximate surface area is 195 Å². The van der Waals surface area contributed by atoms with Crippen LogP contribution in [0.4, 0.5) is 0 Å². The van der Waals surface area contributed by atoms with E-state index in [-0.39, 0.29) is 5.97 Å². The van der Waals surface area contributed by atoms with E-state index in [1.165, 1.54) is 83.5 Å². The Balaban J connectivity index is 1.54. The number of hydrogen-bond acceptors (Lipinski definition) is 4. The third kappa shape index (κ3) is 10.9. The van der Waals surface area contributed by atoms with Crippen molar-refractivity contribution in [3.05, 3.63) is 42.4 Å². The molecule has 176 valence electrons. The van der Waals surface area contributed by atoms with Crippen molar-refractivity contribution >= 4 is 5.97 Å². The van der Waals surface area contributed by atoms with Crippen molar-refractivity contribution in [3.63, 3.8) is 0 Å². The van der Waals surface area contributed by atoms with Crippen LogP contribution in [0, 0.1) is 0 Å². The molecule has 32 heavy (non-hydrogen) atoms. The van der Waals surface area contributed by atoms with Crippen LogP contribution in [-0.4, -0.2) is 15.9 Å². The predicted molar refractivity (Wildman–Crippen MR) is 133 cm³/mol. The first-order chi connectivity index (χ1) is 15.7. The lowest BCUT2D eigenvalue weighted by Gasteiger charge is -2.06. The maximum Gasteiger partial charge on any atom is 0.310 e. The molecule has 4 heteroatoms. The van der Waals surface area contributed by atoms with Crippen molar-refractivity contribution in [2.45, 2.75) is 110 Å². The van der Waals surface area contributed by atoms with Gasteiger partial charge in [-0.2, -0.15) is 0 Å². The Morgan fingerprint density at radius 1 is 0.719 bits per heavy atom. The molecule has 0 N–H and O–H groups in total. The summed E-state index contributed by atoms with van der Waals surface area (Å²) in [6.07, 6.45) is 22.9. The van der Waals surface area contributed by atoms with Gasteiger partial charge in [-0.3, -0.25) is 14.8 Å². The largest absolute Gasteiger partial charge is 0.427 e. The summed E-state index contributed by atoms with van der Waals surface area (Å²) in [4.78, 5) is 20.5. The van der Waals surface area contributed by atoms with Crippen molar-refractivity contribution in [2.24, 2.45) is 0 Å². The van der Waals surface area contributed by atoms with E-state index in [0.29, 0.717) is 12.2 Å². The second-order valence-corrected chi connectivity index (χ2v) is 8.74. The summed E-state index contributed by atoms with van der Waals surface area (Å²) >= 11 is 0. The quantitative estimate of drug-likeness (QED) is 0.142. The van der Waals surface area contributed by atoms with Gasteiger partial charge >= 0.3 is 5.97 Å². The molecular weight excluding hydrogens is 396 g/mol. The molecule has 0 spiro atoms. The van der Waals surface area contributed by atoms with Gasteiger partial charge in [-0.1, -0.05) is 90.9 Å². The first-order valence-electron chi connectivity index (χ1n) is 12.8. The first kappa shape index (κ1) is 26.0. The Bertz CT molecular complexity index is 741. The van der Waals surface area contributed by atoms with Gasteiger partial charge < -0.3 is 4.74 Å². The first-order valence-corrected chi connectivity index (χ1v) is 12.8. The van der Waals surface area contributed by atoms with Crippen molar-refractivity contribution in [1.82, 2.24) is 9.97 Å². The zero-order valence-electron chi connectivity index (χ0n) is 20.3. The van der Waals surface area contributed by atoms with Gasteiger partial charge in [0.05, 0.1) is 17.6 Å². The molecule has 0 aliphatic rings. The minimum atomic E-state index is -0.227. The van der Waals surface area contributed by atoms with Crippen LogP contribution in [0.5, 0.6) is 5.75 Å². The molecule has 0 bridgehead atoms. The van der Waals surface area contributed by atoms with E-state index in [4.69, 9.17) is 4.74 Å². The zero-order chi connectivity index (χ0) is 22.9. The molecule has 0 unspecified atom stereocenters. The molecule has 0 saturated carbocycles. The fourth-order valence-electron chi connectivity index (χ4n) is 3.85. The van der Waals surface area contributed by atoms with Crippen LogP contribution in [0.15, 0.2) is 36.7 Å². The highest BCUT2D eigenvalue weighted by Gasteiger charge is 2.05. The van der Waals surface area contributed by atoms with Crippen LogP contribution in [-0.2, 0) is 11.2 Å². The van der Waals surface area contributed by atoms with E-state index in [2.05, 4.69) is 16.9 Å². The van der Waals surface area contributed by atoms with Crippen LogP contribution in [0.1, 0.15) is 109 Å². The lowest BCUT2D eigenvalue weighted by molar-refractivity contribution is -0.134. The topological polar surface area (TPSA) is 52.1 Å². The standard InChI is InChI=1S/C28H42N2O2/c1-3-5-6-7-8-9-10-11-12-13-14-15-16-17-25-22-30-27(23-29-25)24-18-20-26(21-19-24)32-28(31)4-2/h18-23H,3-17H2,1-2H3. The highest BCUT2D eigenvalue weighted by molar-refractivity contribution is 5.72. The van der Waals surface area contributed by atoms with Crippen molar-refractivity contribution < 1.29 is 9.53 Å². The summed E-state index contributed by atoms with van der Waals surface area (Å²) < 4.78 is 5.21. The summed E-state index contributed by atoms with van der Waals surface area (Å²) in [7, 11) is 0. The highest BCUT2D eigenvalue weighted by atomic mass is 16.5. The number of unbranched alkanes of at least 4 members (excludes halogenated alkanes) is 12. The fraction of sp³-hybridized carbons (Fsp3) is 0.607. The average Bonchev–Trinajstić information content (AvgIpc) is 2.83. The van der Waals surface area contributed by atoms with Crippen molar-refractivity contribution in [2.75, 3.05) is 0 Å². The number of nitrogens with zero attached hydrogens (tertiary/aromatic N) is 2. The number of hydrogen-bond donors (Lipinski definition) is 0. The lowest BCUT2D eigenvalue weighted by atomic mass is 10.0. The Hall–Kier alpha value is -2.23. The van der Waals surface area contributed by atoms with Crippen LogP contribution < -0.4 is 4.74 Å². The number of carbonyl (C=O) groups is 1. The summed E-state index contributed by atoms with van der Waals surface area (Å²) in [5, 5.41) is 0. The van der Waals surface area contributed by atoms with E-state index >= 15 is 0 Å². The van der Waals surface area contributed by atoms with Crippen molar-refractivity contribution in [1.29, 1.82) is 0 Å². The van der Waals surface area contributed by atoms with E-state index in [0.717, 1.165) is 23.4 Å². The van der Waals surface area contributed by atoms with Crippen LogP contribution in [0.3, 0.4) is 0 Å². The summed E-state index contributed by atoms with van der Waals surface area (Å²) in [5.41, 5.74) is 2.87. The van der Waals surface area contributed by atoms with Crippen LogP contribution >= 0.6 is 0 Å². The minimum absolute atomic E-state index is 0.227. The van der Waals surface area contributed by atoms with Gasteiger partial charge in [-0.25, -0.2) is 0 Å². The third-order valence-electron chi connectivity index (χ3n) is 5.91. The van der Waals surface area contributed by atoms with Gasteiger partial charge in [0.25, 0.3) is 0 Å². The number of rotatable bonds is 17. The molecule has 2 rings (SSSR count). The second-order valence-electron chi connectivity index (χ2n) is 8.74. The van der Waals surface area contributed by atoms with E-state index < -0.39 is 0 Å². The number of carbonyl (C=O) groups excluding carboxylic acids is 1. The van der Waals surface area contributed by atoms with Gasteiger partial charge in [-0.05, 0) is 37.1 Å². The molecule has 2 aromatic rings. The number of aromatic nitrogens is 2.